The Hall–Kier alpha value is -3.48. The zero-order valence-corrected chi connectivity index (χ0v) is 24.4. The van der Waals surface area contributed by atoms with Crippen molar-refractivity contribution in [1.29, 1.82) is 0 Å². The number of aliphatic hydroxyl groups is 1. The fraction of sp³-hybridized carbons (Fsp3) is 0.586. The molecule has 0 aliphatic heterocycles. The number of nitrogens with one attached hydrogen (secondary N) is 1. The fourth-order valence-corrected chi connectivity index (χ4v) is 6.90. The van der Waals surface area contributed by atoms with Crippen LogP contribution < -0.4 is 16.0 Å². The Kier molecular flexibility index (Phi) is 6.75. The number of amides is 1. The zero-order chi connectivity index (χ0) is 30.3. The standard InChI is InChI=1S/C29H37N5O7/c1-28(2,3)31-11-17-32-15-10-16(33(4)5)13-8-12-9-14-21(34(6)7)23(36)20(27(30)39)26(38)29(14,40)25(37)18(12)22(35)19(13)24(15)41-17/h10,12,14,18,20-21,31,40H,8-9,11H2,1-7H3,(H2,30,39)/t12-,14-,18?,20?,21-,29-/m0/s1. The lowest BCUT2D eigenvalue weighted by Crippen LogP contribution is -2.74. The van der Waals surface area contributed by atoms with Crippen LogP contribution in [0.4, 0.5) is 5.69 Å². The maximum atomic E-state index is 14.3. The molecule has 1 amide bonds. The number of Topliss-reactive ketones (excluding diaryl/α,β-unsaturated/α-hetero) is 4. The smallest absolute Gasteiger partial charge is 0.235 e. The van der Waals surface area contributed by atoms with Crippen molar-refractivity contribution in [3.8, 4) is 0 Å². The van der Waals surface area contributed by atoms with Gasteiger partial charge in [-0.05, 0) is 65.3 Å². The van der Waals surface area contributed by atoms with E-state index in [1.54, 1.807) is 14.1 Å². The molecule has 2 unspecified atom stereocenters. The summed E-state index contributed by atoms with van der Waals surface area (Å²) in [4.78, 5) is 75.3. The number of carbonyl (C=O) groups is 5. The molecule has 0 spiro atoms. The van der Waals surface area contributed by atoms with E-state index in [2.05, 4.69) is 10.3 Å². The fourth-order valence-electron chi connectivity index (χ4n) is 6.90. The summed E-state index contributed by atoms with van der Waals surface area (Å²) in [6.45, 7) is 6.32. The topological polar surface area (TPSA) is 176 Å². The van der Waals surface area contributed by atoms with Gasteiger partial charge in [0.05, 0.1) is 24.1 Å². The maximum absolute atomic E-state index is 14.3. The number of carbonyl (C=O) groups excluding carboxylic acids is 5. The highest BCUT2D eigenvalue weighted by Crippen LogP contribution is 2.51. The maximum Gasteiger partial charge on any atom is 0.235 e. The molecule has 2 saturated carbocycles. The van der Waals surface area contributed by atoms with Gasteiger partial charge < -0.3 is 25.5 Å². The van der Waals surface area contributed by atoms with Gasteiger partial charge in [-0.15, -0.1) is 0 Å². The van der Waals surface area contributed by atoms with Gasteiger partial charge in [0.1, 0.15) is 5.52 Å². The van der Waals surface area contributed by atoms with Crippen LogP contribution in [0.25, 0.3) is 11.1 Å². The van der Waals surface area contributed by atoms with Gasteiger partial charge in [0, 0.05) is 31.2 Å². The highest BCUT2D eigenvalue weighted by Gasteiger charge is 2.69. The number of primary amides is 1. The lowest BCUT2D eigenvalue weighted by Gasteiger charge is -2.52. The molecule has 6 atom stereocenters. The average Bonchev–Trinajstić information content (AvgIpc) is 3.26. The summed E-state index contributed by atoms with van der Waals surface area (Å²) in [5, 5.41) is 15.1. The number of hydrogen-bond acceptors (Lipinski definition) is 11. The molecule has 3 aliphatic carbocycles. The molecule has 3 aliphatic rings. The minimum atomic E-state index is -2.71. The van der Waals surface area contributed by atoms with E-state index in [-0.39, 0.29) is 29.5 Å². The lowest BCUT2D eigenvalue weighted by atomic mass is 9.52. The second-order valence-electron chi connectivity index (χ2n) is 13.0. The van der Waals surface area contributed by atoms with E-state index < -0.39 is 64.4 Å². The summed E-state index contributed by atoms with van der Waals surface area (Å²) in [5.74, 6) is -9.48. The van der Waals surface area contributed by atoms with E-state index >= 15 is 0 Å². The van der Waals surface area contributed by atoms with Crippen molar-refractivity contribution in [2.24, 2.45) is 29.4 Å². The number of ketones is 4. The van der Waals surface area contributed by atoms with Crippen molar-refractivity contribution in [3.05, 3.63) is 23.1 Å². The van der Waals surface area contributed by atoms with Crippen LogP contribution in [0.1, 0.15) is 49.0 Å². The van der Waals surface area contributed by atoms with E-state index in [0.717, 1.165) is 5.69 Å². The number of rotatable bonds is 5. The quantitative estimate of drug-likeness (QED) is 0.422. The van der Waals surface area contributed by atoms with Gasteiger partial charge in [-0.2, -0.15) is 0 Å². The number of nitrogens with zero attached hydrogens (tertiary/aromatic N) is 3. The number of nitrogens with two attached hydrogens (primary N) is 1. The van der Waals surface area contributed by atoms with E-state index in [4.69, 9.17) is 10.2 Å². The number of likely N-dealkylation sites (N-methyl/N-ethyl adjacent to an activating group) is 1. The van der Waals surface area contributed by atoms with Crippen molar-refractivity contribution in [2.75, 3.05) is 33.1 Å². The third-order valence-corrected chi connectivity index (χ3v) is 8.71. The van der Waals surface area contributed by atoms with Crippen LogP contribution in [0.3, 0.4) is 0 Å². The first-order valence-electron chi connectivity index (χ1n) is 13.7. The number of benzene rings is 1. The number of anilines is 1. The van der Waals surface area contributed by atoms with E-state index in [0.29, 0.717) is 23.5 Å². The largest absolute Gasteiger partial charge is 0.439 e. The second kappa shape index (κ2) is 9.53. The molecule has 1 heterocycles. The first kappa shape index (κ1) is 29.0. The van der Waals surface area contributed by atoms with Gasteiger partial charge in [0.25, 0.3) is 0 Å². The van der Waals surface area contributed by atoms with Crippen molar-refractivity contribution >= 4 is 45.8 Å². The van der Waals surface area contributed by atoms with Gasteiger partial charge in [0.15, 0.2) is 40.2 Å². The predicted octanol–water partition coefficient (Wildman–Crippen LogP) is 0.257. The first-order chi connectivity index (χ1) is 19.0. The summed E-state index contributed by atoms with van der Waals surface area (Å²) < 4.78 is 6.08. The normalized spacial score (nSPS) is 29.9. The molecule has 12 heteroatoms. The molecule has 2 aromatic rings. The SMILES string of the molecule is CN(C)c1cc2nc(CNC(C)(C)C)oc2c2c1C[C@H]1C[C@H]3[C@H](N(C)C)C(=O)C(C(N)=O)C(=O)[C@@]3(O)C(=O)C1C2=O. The third-order valence-electron chi connectivity index (χ3n) is 8.71. The second-order valence-corrected chi connectivity index (χ2v) is 13.0. The van der Waals surface area contributed by atoms with Gasteiger partial charge >= 0.3 is 0 Å². The van der Waals surface area contributed by atoms with Crippen LogP contribution in [-0.4, -0.2) is 89.4 Å². The number of oxazole rings is 1. The summed E-state index contributed by atoms with van der Waals surface area (Å²) in [7, 11) is 6.84. The molecule has 41 heavy (non-hydrogen) atoms. The molecular formula is C29H37N5O7. The van der Waals surface area contributed by atoms with Crippen molar-refractivity contribution in [2.45, 2.75) is 57.3 Å². The van der Waals surface area contributed by atoms with Crippen LogP contribution in [0.5, 0.6) is 0 Å². The van der Waals surface area contributed by atoms with Crippen molar-refractivity contribution < 1.29 is 33.5 Å². The molecule has 0 saturated heterocycles. The van der Waals surface area contributed by atoms with Crippen LogP contribution in [0, 0.1) is 23.7 Å². The van der Waals surface area contributed by atoms with E-state index in [1.165, 1.54) is 4.90 Å². The van der Waals surface area contributed by atoms with Crippen LogP contribution in [-0.2, 0) is 32.1 Å². The number of fused-ring (bicyclic) bond motifs is 5. The van der Waals surface area contributed by atoms with Gasteiger partial charge in [-0.3, -0.25) is 28.9 Å². The monoisotopic (exact) mass is 567 g/mol. The summed E-state index contributed by atoms with van der Waals surface area (Å²) >= 11 is 0. The molecule has 5 rings (SSSR count). The Balaban J connectivity index is 1.65. The number of hydrogen-bond donors (Lipinski definition) is 3. The molecule has 1 aromatic carbocycles. The Morgan fingerprint density at radius 2 is 1.83 bits per heavy atom. The van der Waals surface area contributed by atoms with Crippen LogP contribution in [0.2, 0.25) is 0 Å². The first-order valence-corrected chi connectivity index (χ1v) is 13.7. The van der Waals surface area contributed by atoms with Crippen LogP contribution >= 0.6 is 0 Å². The Morgan fingerprint density at radius 3 is 2.39 bits per heavy atom. The molecule has 12 nitrogen and oxygen atoms in total. The molecule has 0 bridgehead atoms. The van der Waals surface area contributed by atoms with Crippen molar-refractivity contribution in [1.82, 2.24) is 15.2 Å². The highest BCUT2D eigenvalue weighted by molar-refractivity contribution is 6.32. The minimum Gasteiger partial charge on any atom is -0.439 e. The molecule has 4 N–H and O–H groups in total. The van der Waals surface area contributed by atoms with Gasteiger partial charge in [-0.25, -0.2) is 4.98 Å². The predicted molar refractivity (Wildman–Crippen MR) is 148 cm³/mol. The zero-order valence-electron chi connectivity index (χ0n) is 24.4. The summed E-state index contributed by atoms with van der Waals surface area (Å²) in [6.07, 6.45) is 0.331. The Labute approximate surface area is 237 Å². The molecule has 220 valence electrons. The van der Waals surface area contributed by atoms with Crippen LogP contribution in [0.15, 0.2) is 10.5 Å². The summed E-state index contributed by atoms with van der Waals surface area (Å²) in [6, 6.07) is 0.736. The average molecular weight is 568 g/mol. The molecular weight excluding hydrogens is 530 g/mol. The third kappa shape index (κ3) is 4.31. The number of aromatic nitrogens is 1. The highest BCUT2D eigenvalue weighted by atomic mass is 16.4. The minimum absolute atomic E-state index is 0.0476. The molecule has 0 radical (unpaired) electrons. The van der Waals surface area contributed by atoms with Crippen molar-refractivity contribution in [3.63, 3.8) is 0 Å². The Morgan fingerprint density at radius 1 is 1.17 bits per heavy atom. The van der Waals surface area contributed by atoms with Gasteiger partial charge in [-0.1, -0.05) is 0 Å². The molecule has 1 aromatic heterocycles. The Bertz CT molecular complexity index is 1500. The lowest BCUT2D eigenvalue weighted by molar-refractivity contribution is -0.181. The van der Waals surface area contributed by atoms with E-state index in [1.807, 2.05) is 45.8 Å². The van der Waals surface area contributed by atoms with Gasteiger partial charge in [0.2, 0.25) is 11.8 Å². The molecule has 2 fully saturated rings. The van der Waals surface area contributed by atoms with E-state index in [9.17, 15) is 29.1 Å². The summed E-state index contributed by atoms with van der Waals surface area (Å²) in [5.41, 5.74) is 4.80.